The van der Waals surface area contributed by atoms with Gasteiger partial charge in [-0.05, 0) is 25.0 Å². The molecular formula is C13H13F3O2. The Morgan fingerprint density at radius 1 is 1.39 bits per heavy atom. The van der Waals surface area contributed by atoms with Crippen LogP contribution in [0.1, 0.15) is 18.1 Å². The van der Waals surface area contributed by atoms with E-state index < -0.39 is 17.9 Å². The number of rotatable bonds is 3. The maximum atomic E-state index is 12.5. The van der Waals surface area contributed by atoms with Crippen LogP contribution in [0.4, 0.5) is 13.2 Å². The van der Waals surface area contributed by atoms with E-state index in [-0.39, 0.29) is 6.42 Å². The van der Waals surface area contributed by atoms with Crippen LogP contribution in [0.2, 0.25) is 0 Å². The molecule has 1 rings (SSSR count). The zero-order valence-corrected chi connectivity index (χ0v) is 10.0. The van der Waals surface area contributed by atoms with Crippen molar-refractivity contribution in [3.63, 3.8) is 0 Å². The summed E-state index contributed by atoms with van der Waals surface area (Å²) in [5.74, 6) is -2.25. The zero-order valence-electron chi connectivity index (χ0n) is 10.0. The number of ether oxygens (including phenoxy) is 1. The Kier molecular flexibility index (Phi) is 4.53. The molecule has 0 fully saturated rings. The number of benzene rings is 1. The number of hydrogen-bond donors (Lipinski definition) is 0. The zero-order chi connectivity index (χ0) is 13.8. The molecule has 0 atom stereocenters. The fourth-order valence-corrected chi connectivity index (χ4v) is 1.42. The van der Waals surface area contributed by atoms with Gasteiger partial charge in [0.15, 0.2) is 0 Å². The van der Waals surface area contributed by atoms with E-state index >= 15 is 0 Å². The molecule has 1 aromatic carbocycles. The van der Waals surface area contributed by atoms with Gasteiger partial charge in [0.2, 0.25) is 5.76 Å². The van der Waals surface area contributed by atoms with Crippen molar-refractivity contribution in [2.75, 3.05) is 0 Å². The number of halogens is 3. The Hall–Kier alpha value is -1.78. The molecule has 0 N–H and O–H groups in total. The van der Waals surface area contributed by atoms with E-state index in [1.54, 1.807) is 18.2 Å². The number of carbonyl (C=O) groups is 1. The van der Waals surface area contributed by atoms with Gasteiger partial charge in [-0.2, -0.15) is 13.2 Å². The molecule has 0 heterocycles. The van der Waals surface area contributed by atoms with Crippen LogP contribution >= 0.6 is 0 Å². The molecule has 0 unspecified atom stereocenters. The van der Waals surface area contributed by atoms with Crippen molar-refractivity contribution >= 4 is 5.97 Å². The summed E-state index contributed by atoms with van der Waals surface area (Å²) in [6.07, 6.45) is -3.73. The van der Waals surface area contributed by atoms with Crippen molar-refractivity contribution in [1.82, 2.24) is 0 Å². The van der Waals surface area contributed by atoms with Gasteiger partial charge < -0.3 is 4.74 Å². The van der Waals surface area contributed by atoms with E-state index in [9.17, 15) is 18.0 Å². The lowest BCUT2D eigenvalue weighted by atomic mass is 10.1. The van der Waals surface area contributed by atoms with Crippen LogP contribution in [-0.2, 0) is 16.0 Å². The SMILES string of the molecule is CC(=O)OC(=CCc1cccc(C)c1)C(F)(F)F. The number of alkyl halides is 3. The van der Waals surface area contributed by atoms with Gasteiger partial charge >= 0.3 is 12.1 Å². The Labute approximate surface area is 103 Å². The minimum absolute atomic E-state index is 0.0593. The first-order chi connectivity index (χ1) is 8.29. The van der Waals surface area contributed by atoms with Crippen LogP contribution in [0.5, 0.6) is 0 Å². The summed E-state index contributed by atoms with van der Waals surface area (Å²) >= 11 is 0. The molecule has 0 radical (unpaired) electrons. The third-order valence-corrected chi connectivity index (χ3v) is 2.14. The Morgan fingerprint density at radius 2 is 2.06 bits per heavy atom. The third-order valence-electron chi connectivity index (χ3n) is 2.14. The molecule has 1 aromatic rings. The van der Waals surface area contributed by atoms with Gasteiger partial charge in [0.05, 0.1) is 0 Å². The average molecular weight is 258 g/mol. The second-order valence-electron chi connectivity index (χ2n) is 3.85. The second kappa shape index (κ2) is 5.71. The largest absolute Gasteiger partial charge is 0.449 e. The molecule has 0 aromatic heterocycles. The summed E-state index contributed by atoms with van der Waals surface area (Å²) in [4.78, 5) is 10.6. The summed E-state index contributed by atoms with van der Waals surface area (Å²) in [6, 6.07) is 7.10. The lowest BCUT2D eigenvalue weighted by molar-refractivity contribution is -0.158. The van der Waals surface area contributed by atoms with Gasteiger partial charge in [0, 0.05) is 6.92 Å². The maximum absolute atomic E-state index is 12.5. The average Bonchev–Trinajstić information content (AvgIpc) is 2.22. The van der Waals surface area contributed by atoms with Gasteiger partial charge in [-0.15, -0.1) is 0 Å². The number of carbonyl (C=O) groups excluding carboxylic acids is 1. The molecule has 0 aliphatic carbocycles. The van der Waals surface area contributed by atoms with Crippen molar-refractivity contribution in [3.8, 4) is 0 Å². The van der Waals surface area contributed by atoms with Crippen molar-refractivity contribution in [1.29, 1.82) is 0 Å². The van der Waals surface area contributed by atoms with Crippen molar-refractivity contribution in [2.24, 2.45) is 0 Å². The number of hydrogen-bond acceptors (Lipinski definition) is 2. The molecule has 0 bridgehead atoms. The first kappa shape index (κ1) is 14.3. The monoisotopic (exact) mass is 258 g/mol. The topological polar surface area (TPSA) is 26.3 Å². The van der Waals surface area contributed by atoms with Crippen LogP contribution < -0.4 is 0 Å². The van der Waals surface area contributed by atoms with Crippen molar-refractivity contribution in [2.45, 2.75) is 26.4 Å². The smallest absolute Gasteiger partial charge is 0.422 e. The van der Waals surface area contributed by atoms with E-state index in [0.717, 1.165) is 24.1 Å². The number of allylic oxidation sites excluding steroid dienone is 2. The molecular weight excluding hydrogens is 245 g/mol. The highest BCUT2D eigenvalue weighted by atomic mass is 19.4. The molecule has 2 nitrogen and oxygen atoms in total. The molecule has 0 aliphatic heterocycles. The lowest BCUT2D eigenvalue weighted by Crippen LogP contribution is -2.17. The fraction of sp³-hybridized carbons (Fsp3) is 0.308. The van der Waals surface area contributed by atoms with E-state index in [1.807, 2.05) is 13.0 Å². The molecule has 0 saturated carbocycles. The van der Waals surface area contributed by atoms with Crippen LogP contribution in [0.3, 0.4) is 0 Å². The van der Waals surface area contributed by atoms with E-state index in [2.05, 4.69) is 4.74 Å². The van der Waals surface area contributed by atoms with Gasteiger partial charge in [-0.1, -0.05) is 29.8 Å². The highest BCUT2D eigenvalue weighted by Crippen LogP contribution is 2.27. The Bertz CT molecular complexity index is 462. The fourth-order valence-electron chi connectivity index (χ4n) is 1.42. The standard InChI is InChI=1S/C13H13F3O2/c1-9-4-3-5-11(8-9)6-7-12(13(14,15)16)18-10(2)17/h3-5,7-8H,6H2,1-2H3. The van der Waals surface area contributed by atoms with Crippen LogP contribution in [0.15, 0.2) is 36.1 Å². The van der Waals surface area contributed by atoms with Crippen LogP contribution in [-0.4, -0.2) is 12.1 Å². The first-order valence-corrected chi connectivity index (χ1v) is 5.30. The van der Waals surface area contributed by atoms with E-state index in [4.69, 9.17) is 0 Å². The highest BCUT2D eigenvalue weighted by molar-refractivity contribution is 5.67. The molecule has 18 heavy (non-hydrogen) atoms. The Balaban J connectivity index is 2.86. The van der Waals surface area contributed by atoms with Gasteiger partial charge in [-0.3, -0.25) is 4.79 Å². The maximum Gasteiger partial charge on any atom is 0.449 e. The quantitative estimate of drug-likeness (QED) is 0.612. The molecule has 98 valence electrons. The number of esters is 1. The van der Waals surface area contributed by atoms with Crippen LogP contribution in [0, 0.1) is 6.92 Å². The molecule has 0 saturated heterocycles. The number of aryl methyl sites for hydroxylation is 1. The van der Waals surface area contributed by atoms with Gasteiger partial charge in [0.25, 0.3) is 0 Å². The molecule has 0 amide bonds. The molecule has 0 spiro atoms. The van der Waals surface area contributed by atoms with Crippen molar-refractivity contribution < 1.29 is 22.7 Å². The van der Waals surface area contributed by atoms with Gasteiger partial charge in [0.1, 0.15) is 0 Å². The minimum Gasteiger partial charge on any atom is -0.422 e. The molecule has 5 heteroatoms. The predicted molar refractivity (Wildman–Crippen MR) is 60.8 cm³/mol. The van der Waals surface area contributed by atoms with Gasteiger partial charge in [-0.25, -0.2) is 0 Å². The summed E-state index contributed by atoms with van der Waals surface area (Å²) in [6.45, 7) is 2.79. The highest BCUT2D eigenvalue weighted by Gasteiger charge is 2.36. The summed E-state index contributed by atoms with van der Waals surface area (Å²) in [5, 5.41) is 0. The normalized spacial score (nSPS) is 12.4. The molecule has 0 aliphatic rings. The van der Waals surface area contributed by atoms with Crippen LogP contribution in [0.25, 0.3) is 0 Å². The second-order valence-corrected chi connectivity index (χ2v) is 3.85. The van der Waals surface area contributed by atoms with E-state index in [0.29, 0.717) is 0 Å². The first-order valence-electron chi connectivity index (χ1n) is 5.30. The minimum atomic E-state index is -4.66. The third kappa shape index (κ3) is 4.61. The summed E-state index contributed by atoms with van der Waals surface area (Å²) in [5.41, 5.74) is 1.69. The lowest BCUT2D eigenvalue weighted by Gasteiger charge is -2.10. The summed E-state index contributed by atoms with van der Waals surface area (Å²) < 4.78 is 41.7. The van der Waals surface area contributed by atoms with E-state index in [1.165, 1.54) is 0 Å². The predicted octanol–water partition coefficient (Wildman–Crippen LogP) is 3.55. The van der Waals surface area contributed by atoms with Crippen molar-refractivity contribution in [3.05, 3.63) is 47.2 Å². The summed E-state index contributed by atoms with van der Waals surface area (Å²) in [7, 11) is 0. The Morgan fingerprint density at radius 3 is 2.56 bits per heavy atom.